The van der Waals surface area contributed by atoms with Gasteiger partial charge in [-0.2, -0.15) is 0 Å². The van der Waals surface area contributed by atoms with Gasteiger partial charge in [0.1, 0.15) is 11.4 Å². The van der Waals surface area contributed by atoms with Gasteiger partial charge >= 0.3 is 0 Å². The van der Waals surface area contributed by atoms with E-state index in [1.165, 1.54) is 0 Å². The van der Waals surface area contributed by atoms with Crippen molar-refractivity contribution in [2.24, 2.45) is 0 Å². The van der Waals surface area contributed by atoms with Gasteiger partial charge in [0, 0.05) is 13.6 Å². The van der Waals surface area contributed by atoms with Crippen LogP contribution < -0.4 is 9.64 Å². The Labute approximate surface area is 192 Å². The van der Waals surface area contributed by atoms with Crippen LogP contribution in [0.3, 0.4) is 0 Å². The summed E-state index contributed by atoms with van der Waals surface area (Å²) in [6.45, 7) is 2.94. The summed E-state index contributed by atoms with van der Waals surface area (Å²) in [5.74, 6) is -0.0941. The highest BCUT2D eigenvalue weighted by Gasteiger charge is 2.42. The monoisotopic (exact) mass is 446 g/mol. The maximum absolute atomic E-state index is 13.6. The second kappa shape index (κ2) is 9.28. The van der Waals surface area contributed by atoms with Crippen molar-refractivity contribution in [2.75, 3.05) is 18.6 Å². The van der Waals surface area contributed by atoms with E-state index in [2.05, 4.69) is 0 Å². The number of anilines is 1. The van der Waals surface area contributed by atoms with Crippen LogP contribution in [0.1, 0.15) is 18.1 Å². The van der Waals surface area contributed by atoms with Crippen molar-refractivity contribution in [3.63, 3.8) is 0 Å². The zero-order valence-electron chi connectivity index (χ0n) is 17.9. The van der Waals surface area contributed by atoms with Gasteiger partial charge in [0.05, 0.1) is 22.9 Å². The fourth-order valence-electron chi connectivity index (χ4n) is 3.81. The minimum atomic E-state index is -0.401. The van der Waals surface area contributed by atoms with Crippen LogP contribution in [0.2, 0.25) is 5.02 Å². The van der Waals surface area contributed by atoms with Gasteiger partial charge in [0.15, 0.2) is 0 Å². The number of rotatable bonds is 7. The number of carbonyl (C=O) groups excluding carboxylic acids is 2. The summed E-state index contributed by atoms with van der Waals surface area (Å²) in [7, 11) is 1.82. The molecule has 0 spiro atoms. The first-order valence-electron chi connectivity index (χ1n) is 10.4. The van der Waals surface area contributed by atoms with Crippen molar-refractivity contribution >= 4 is 34.7 Å². The van der Waals surface area contributed by atoms with Crippen LogP contribution >= 0.6 is 11.6 Å². The summed E-state index contributed by atoms with van der Waals surface area (Å²) in [6, 6.07) is 23.9. The maximum atomic E-state index is 13.6. The number of halogens is 1. The zero-order valence-corrected chi connectivity index (χ0v) is 18.7. The van der Waals surface area contributed by atoms with Gasteiger partial charge in [-0.05, 0) is 42.3 Å². The molecule has 0 bridgehead atoms. The third-order valence-electron chi connectivity index (χ3n) is 5.25. The number of para-hydroxylation sites is 1. The van der Waals surface area contributed by atoms with E-state index >= 15 is 0 Å². The Bertz CT molecular complexity index is 1170. The SMILES string of the molecule is CCOc1ccc(C2=C(N(C)Cc3ccccc3)C(=O)N(c3ccccc3Cl)C2=O)cc1. The Balaban J connectivity index is 1.79. The highest BCUT2D eigenvalue weighted by atomic mass is 35.5. The van der Waals surface area contributed by atoms with E-state index in [9.17, 15) is 9.59 Å². The molecule has 0 saturated carbocycles. The van der Waals surface area contributed by atoms with Gasteiger partial charge < -0.3 is 9.64 Å². The Morgan fingerprint density at radius 2 is 1.53 bits per heavy atom. The van der Waals surface area contributed by atoms with Crippen LogP contribution in [0.5, 0.6) is 5.75 Å². The third-order valence-corrected chi connectivity index (χ3v) is 5.57. The molecule has 0 saturated heterocycles. The van der Waals surface area contributed by atoms with E-state index in [1.807, 2.05) is 49.2 Å². The van der Waals surface area contributed by atoms with Crippen molar-refractivity contribution in [1.29, 1.82) is 0 Å². The standard InChI is InChI=1S/C26H23ClN2O3/c1-3-32-20-15-13-19(14-16-20)23-24(28(2)17-18-9-5-4-6-10-18)26(31)29(25(23)30)22-12-8-7-11-21(22)27/h4-16H,3,17H2,1-2H3. The number of hydrogen-bond donors (Lipinski definition) is 0. The molecular weight excluding hydrogens is 424 g/mol. The normalized spacial score (nSPS) is 13.7. The van der Waals surface area contributed by atoms with E-state index in [0.717, 1.165) is 10.5 Å². The fraction of sp³-hybridized carbons (Fsp3) is 0.154. The first-order valence-corrected chi connectivity index (χ1v) is 10.7. The molecule has 0 atom stereocenters. The van der Waals surface area contributed by atoms with Crippen LogP contribution in [0.4, 0.5) is 5.69 Å². The number of hydrogen-bond acceptors (Lipinski definition) is 4. The molecule has 0 aliphatic carbocycles. The Kier molecular flexibility index (Phi) is 6.28. The second-order valence-corrected chi connectivity index (χ2v) is 7.83. The van der Waals surface area contributed by atoms with E-state index in [0.29, 0.717) is 46.4 Å². The van der Waals surface area contributed by atoms with Crippen LogP contribution in [-0.2, 0) is 16.1 Å². The molecule has 3 aromatic rings. The summed E-state index contributed by atoms with van der Waals surface area (Å²) in [5, 5.41) is 0.340. The van der Waals surface area contributed by atoms with Gasteiger partial charge in [0.2, 0.25) is 0 Å². The molecule has 0 fully saturated rings. The highest BCUT2D eigenvalue weighted by Crippen LogP contribution is 2.37. The van der Waals surface area contributed by atoms with Crippen molar-refractivity contribution in [3.8, 4) is 5.75 Å². The molecule has 32 heavy (non-hydrogen) atoms. The molecule has 0 aromatic heterocycles. The smallest absolute Gasteiger partial charge is 0.282 e. The lowest BCUT2D eigenvalue weighted by atomic mass is 10.0. The molecule has 5 nitrogen and oxygen atoms in total. The molecule has 0 radical (unpaired) electrons. The fourth-order valence-corrected chi connectivity index (χ4v) is 4.03. The van der Waals surface area contributed by atoms with Gasteiger partial charge in [-0.25, -0.2) is 4.90 Å². The van der Waals surface area contributed by atoms with Crippen LogP contribution in [0.15, 0.2) is 84.6 Å². The van der Waals surface area contributed by atoms with Crippen LogP contribution in [0.25, 0.3) is 5.57 Å². The second-order valence-electron chi connectivity index (χ2n) is 7.42. The Morgan fingerprint density at radius 1 is 0.875 bits per heavy atom. The van der Waals surface area contributed by atoms with Crippen molar-refractivity contribution in [2.45, 2.75) is 13.5 Å². The van der Waals surface area contributed by atoms with Crippen molar-refractivity contribution in [1.82, 2.24) is 4.90 Å². The average molecular weight is 447 g/mol. The van der Waals surface area contributed by atoms with Crippen molar-refractivity contribution < 1.29 is 14.3 Å². The van der Waals surface area contributed by atoms with E-state index in [-0.39, 0.29) is 0 Å². The zero-order chi connectivity index (χ0) is 22.7. The van der Waals surface area contributed by atoms with Gasteiger partial charge in [-0.1, -0.05) is 66.2 Å². The summed E-state index contributed by atoms with van der Waals surface area (Å²) in [6.07, 6.45) is 0. The third kappa shape index (κ3) is 4.12. The van der Waals surface area contributed by atoms with E-state index in [1.54, 1.807) is 48.5 Å². The lowest BCUT2D eigenvalue weighted by Gasteiger charge is -2.22. The number of amides is 2. The summed E-state index contributed by atoms with van der Waals surface area (Å²) >= 11 is 6.35. The minimum absolute atomic E-state index is 0.336. The molecule has 1 aliphatic rings. The molecule has 0 unspecified atom stereocenters. The first kappa shape index (κ1) is 21.7. The molecular formula is C26H23ClN2O3. The van der Waals surface area contributed by atoms with Crippen LogP contribution in [-0.4, -0.2) is 30.4 Å². The number of carbonyl (C=O) groups is 2. The van der Waals surface area contributed by atoms with Gasteiger partial charge in [-0.3, -0.25) is 9.59 Å². The Morgan fingerprint density at radius 3 is 2.19 bits per heavy atom. The lowest BCUT2D eigenvalue weighted by molar-refractivity contribution is -0.120. The largest absolute Gasteiger partial charge is 0.494 e. The summed E-state index contributed by atoms with van der Waals surface area (Å²) in [5.41, 5.74) is 2.73. The van der Waals surface area contributed by atoms with Crippen molar-refractivity contribution in [3.05, 3.63) is 101 Å². The molecule has 4 rings (SSSR count). The first-order chi connectivity index (χ1) is 15.5. The molecule has 2 amide bonds. The molecule has 3 aromatic carbocycles. The molecule has 0 N–H and O–H groups in total. The van der Waals surface area contributed by atoms with Gasteiger partial charge in [0.25, 0.3) is 11.8 Å². The predicted molar refractivity (Wildman–Crippen MR) is 126 cm³/mol. The maximum Gasteiger partial charge on any atom is 0.282 e. The van der Waals surface area contributed by atoms with E-state index < -0.39 is 11.8 Å². The van der Waals surface area contributed by atoms with Crippen LogP contribution in [0, 0.1) is 0 Å². The number of nitrogens with zero attached hydrogens (tertiary/aromatic N) is 2. The number of likely N-dealkylation sites (N-methyl/N-ethyl adjacent to an activating group) is 1. The van der Waals surface area contributed by atoms with Gasteiger partial charge in [-0.15, -0.1) is 0 Å². The molecule has 6 heteroatoms. The topological polar surface area (TPSA) is 49.9 Å². The Hall–Kier alpha value is -3.57. The predicted octanol–water partition coefficient (Wildman–Crippen LogP) is 5.16. The average Bonchev–Trinajstić information content (AvgIpc) is 3.06. The summed E-state index contributed by atoms with van der Waals surface area (Å²) < 4.78 is 5.52. The molecule has 1 heterocycles. The van der Waals surface area contributed by atoms with E-state index in [4.69, 9.17) is 16.3 Å². The number of imide groups is 1. The molecule has 1 aliphatic heterocycles. The number of benzene rings is 3. The minimum Gasteiger partial charge on any atom is -0.494 e. The highest BCUT2D eigenvalue weighted by molar-refractivity contribution is 6.47. The number of ether oxygens (including phenoxy) is 1. The lowest BCUT2D eigenvalue weighted by Crippen LogP contribution is -2.34. The summed E-state index contributed by atoms with van der Waals surface area (Å²) in [4.78, 5) is 30.1. The molecule has 162 valence electrons. The quantitative estimate of drug-likeness (QED) is 0.471.